The molecule has 1 aliphatic rings. The average Bonchev–Trinajstić information content (AvgIpc) is 2.63. The van der Waals surface area contributed by atoms with E-state index in [2.05, 4.69) is 10.6 Å². The van der Waals surface area contributed by atoms with E-state index in [1.165, 1.54) is 0 Å². The minimum Gasteiger partial charge on any atom is -0.483 e. The van der Waals surface area contributed by atoms with Gasteiger partial charge < -0.3 is 20.1 Å². The minimum atomic E-state index is -0.278. The Kier molecular flexibility index (Phi) is 6.42. The summed E-state index contributed by atoms with van der Waals surface area (Å²) >= 11 is 12.3. The van der Waals surface area contributed by atoms with E-state index in [9.17, 15) is 9.59 Å². The molecule has 27 heavy (non-hydrogen) atoms. The van der Waals surface area contributed by atoms with Crippen LogP contribution in [0.1, 0.15) is 11.1 Å². The number of halogens is 2. The van der Waals surface area contributed by atoms with Gasteiger partial charge in [0.15, 0.2) is 13.2 Å². The lowest BCUT2D eigenvalue weighted by Crippen LogP contribution is -2.38. The van der Waals surface area contributed by atoms with E-state index >= 15 is 0 Å². The molecule has 2 aromatic rings. The van der Waals surface area contributed by atoms with Crippen molar-refractivity contribution in [3.63, 3.8) is 0 Å². The van der Waals surface area contributed by atoms with Crippen LogP contribution in [0.2, 0.25) is 10.0 Å². The van der Waals surface area contributed by atoms with Gasteiger partial charge in [0.05, 0.1) is 0 Å². The van der Waals surface area contributed by atoms with E-state index in [-0.39, 0.29) is 25.0 Å². The molecule has 2 amide bonds. The highest BCUT2D eigenvalue weighted by Gasteiger charge is 2.14. The Morgan fingerprint density at radius 3 is 1.63 bits per heavy atom. The van der Waals surface area contributed by atoms with Crippen molar-refractivity contribution in [2.45, 2.75) is 6.42 Å². The normalized spacial score (nSPS) is 15.6. The molecule has 0 aliphatic carbocycles. The molecule has 8 heteroatoms. The lowest BCUT2D eigenvalue weighted by Gasteiger charge is -2.14. The highest BCUT2D eigenvalue weighted by Crippen LogP contribution is 2.30. The van der Waals surface area contributed by atoms with Crippen LogP contribution in [-0.4, -0.2) is 38.1 Å². The van der Waals surface area contributed by atoms with E-state index in [1.54, 1.807) is 36.4 Å². The Morgan fingerprint density at radius 2 is 1.19 bits per heavy atom. The van der Waals surface area contributed by atoms with Gasteiger partial charge in [-0.25, -0.2) is 0 Å². The van der Waals surface area contributed by atoms with Crippen LogP contribution < -0.4 is 20.1 Å². The maximum Gasteiger partial charge on any atom is 0.258 e. The molecule has 0 spiro atoms. The van der Waals surface area contributed by atoms with Crippen molar-refractivity contribution < 1.29 is 19.1 Å². The van der Waals surface area contributed by atoms with Crippen LogP contribution in [0.15, 0.2) is 36.4 Å². The van der Waals surface area contributed by atoms with Crippen molar-refractivity contribution in [3.05, 3.63) is 57.6 Å². The fourth-order valence-electron chi connectivity index (χ4n) is 2.65. The van der Waals surface area contributed by atoms with Gasteiger partial charge in [-0.05, 0) is 36.4 Å². The number of amides is 2. The number of rotatable bonds is 0. The number of hydrogen-bond acceptors (Lipinski definition) is 4. The Hall–Kier alpha value is -2.44. The van der Waals surface area contributed by atoms with Crippen molar-refractivity contribution in [2.75, 3.05) is 26.3 Å². The van der Waals surface area contributed by atoms with E-state index in [1.807, 2.05) is 0 Å². The first-order valence-corrected chi connectivity index (χ1v) is 9.13. The molecule has 1 heterocycles. The number of nitrogens with one attached hydrogen (secondary N) is 2. The first-order chi connectivity index (χ1) is 13.0. The standard InChI is InChI=1S/C19H18Cl2N2O4/c20-14-1-3-16-12(8-14)7-13-9-15(21)2-4-17(13)27-11-19(25)23-6-5-22-18(24)10-26-16/h1-4,8-9H,5-7,10-11H2,(H,22,24)(H,23,25). The molecule has 2 aromatic carbocycles. The number of carbonyl (C=O) groups excluding carboxylic acids is 2. The average molecular weight is 409 g/mol. The molecule has 3 rings (SSSR count). The maximum absolute atomic E-state index is 11.9. The smallest absolute Gasteiger partial charge is 0.258 e. The van der Waals surface area contributed by atoms with Gasteiger partial charge in [0.1, 0.15) is 11.5 Å². The molecular weight excluding hydrogens is 391 g/mol. The second-order valence-electron chi connectivity index (χ2n) is 5.96. The predicted octanol–water partition coefficient (Wildman–Crippen LogP) is 2.59. The van der Waals surface area contributed by atoms with E-state index in [4.69, 9.17) is 32.7 Å². The molecule has 0 bridgehead atoms. The van der Waals surface area contributed by atoms with Gasteiger partial charge in [-0.15, -0.1) is 0 Å². The van der Waals surface area contributed by atoms with Crippen LogP contribution in [0.25, 0.3) is 0 Å². The quantitative estimate of drug-likeness (QED) is 0.702. The van der Waals surface area contributed by atoms with Gasteiger partial charge in [-0.3, -0.25) is 9.59 Å². The fourth-order valence-corrected chi connectivity index (χ4v) is 3.04. The molecule has 0 aromatic heterocycles. The summed E-state index contributed by atoms with van der Waals surface area (Å²) in [6, 6.07) is 10.4. The number of fused-ring (bicyclic) bond motifs is 2. The summed E-state index contributed by atoms with van der Waals surface area (Å²) in [5, 5.41) is 6.44. The second-order valence-corrected chi connectivity index (χ2v) is 6.83. The summed E-state index contributed by atoms with van der Waals surface area (Å²) in [5.41, 5.74) is 1.56. The Bertz CT molecular complexity index is 788. The monoisotopic (exact) mass is 408 g/mol. The van der Waals surface area contributed by atoms with E-state index in [0.717, 1.165) is 11.1 Å². The molecule has 0 saturated carbocycles. The van der Waals surface area contributed by atoms with Gasteiger partial charge in [0.25, 0.3) is 11.8 Å². The molecule has 0 radical (unpaired) electrons. The summed E-state index contributed by atoms with van der Waals surface area (Å²) in [4.78, 5) is 23.8. The molecule has 2 N–H and O–H groups in total. The first-order valence-electron chi connectivity index (χ1n) is 8.37. The Balaban J connectivity index is 1.95. The number of carbonyl (C=O) groups is 2. The summed E-state index contributed by atoms with van der Waals surface area (Å²) in [6.07, 6.45) is 0.412. The molecule has 0 atom stereocenters. The van der Waals surface area contributed by atoms with Gasteiger partial charge in [0, 0.05) is 40.7 Å². The second kappa shape index (κ2) is 8.97. The topological polar surface area (TPSA) is 76.7 Å². The third-order valence-corrected chi connectivity index (χ3v) is 4.38. The molecule has 1 aliphatic heterocycles. The molecule has 6 nitrogen and oxygen atoms in total. The van der Waals surface area contributed by atoms with Gasteiger partial charge in [-0.1, -0.05) is 23.2 Å². The first kappa shape index (κ1) is 19.3. The van der Waals surface area contributed by atoms with Gasteiger partial charge in [-0.2, -0.15) is 0 Å². The third-order valence-electron chi connectivity index (χ3n) is 3.91. The van der Waals surface area contributed by atoms with Crippen LogP contribution in [0, 0.1) is 0 Å². The van der Waals surface area contributed by atoms with Crippen molar-refractivity contribution in [1.29, 1.82) is 0 Å². The summed E-state index contributed by atoms with van der Waals surface area (Å²) in [5.74, 6) is 0.536. The molecule has 142 valence electrons. The Morgan fingerprint density at radius 1 is 0.741 bits per heavy atom. The molecule has 0 unspecified atom stereocenters. The number of benzene rings is 2. The molecular formula is C19H18Cl2N2O4. The lowest BCUT2D eigenvalue weighted by molar-refractivity contribution is -0.124. The van der Waals surface area contributed by atoms with Crippen LogP contribution in [0.3, 0.4) is 0 Å². The number of hydrogen-bond donors (Lipinski definition) is 2. The molecule has 0 fully saturated rings. The van der Waals surface area contributed by atoms with Crippen molar-refractivity contribution in [3.8, 4) is 11.5 Å². The van der Waals surface area contributed by atoms with Gasteiger partial charge >= 0.3 is 0 Å². The zero-order valence-electron chi connectivity index (χ0n) is 14.4. The summed E-state index contributed by atoms with van der Waals surface area (Å²) in [6.45, 7) is 0.324. The zero-order chi connectivity index (χ0) is 19.2. The van der Waals surface area contributed by atoms with Crippen molar-refractivity contribution in [2.24, 2.45) is 0 Å². The highest BCUT2D eigenvalue weighted by molar-refractivity contribution is 6.31. The van der Waals surface area contributed by atoms with Crippen LogP contribution in [0.4, 0.5) is 0 Å². The minimum absolute atomic E-state index is 0.137. The largest absolute Gasteiger partial charge is 0.483 e. The van der Waals surface area contributed by atoms with Gasteiger partial charge in [0.2, 0.25) is 0 Å². The highest BCUT2D eigenvalue weighted by atomic mass is 35.5. The Labute approximate surface area is 166 Å². The van der Waals surface area contributed by atoms with Crippen molar-refractivity contribution in [1.82, 2.24) is 10.6 Å². The van der Waals surface area contributed by atoms with E-state index in [0.29, 0.717) is 41.1 Å². The fraction of sp³-hybridized carbons (Fsp3) is 0.263. The maximum atomic E-state index is 11.9. The SMILES string of the molecule is O=C1COc2ccc(Cl)cc2Cc2cc(Cl)ccc2OCC(=O)NCCN1. The lowest BCUT2D eigenvalue weighted by atomic mass is 10.0. The van der Waals surface area contributed by atoms with Crippen LogP contribution in [0.5, 0.6) is 11.5 Å². The molecule has 0 saturated heterocycles. The third kappa shape index (κ3) is 5.52. The predicted molar refractivity (Wildman–Crippen MR) is 103 cm³/mol. The van der Waals surface area contributed by atoms with Crippen molar-refractivity contribution >= 4 is 35.0 Å². The van der Waals surface area contributed by atoms with Crippen LogP contribution >= 0.6 is 23.2 Å². The van der Waals surface area contributed by atoms with Crippen LogP contribution in [-0.2, 0) is 16.0 Å². The summed E-state index contributed by atoms with van der Waals surface area (Å²) in [7, 11) is 0. The summed E-state index contributed by atoms with van der Waals surface area (Å²) < 4.78 is 11.3. The zero-order valence-corrected chi connectivity index (χ0v) is 15.9. The van der Waals surface area contributed by atoms with E-state index < -0.39 is 0 Å². The number of ether oxygens (including phenoxy) is 2.